The van der Waals surface area contributed by atoms with Gasteiger partial charge in [0.05, 0.1) is 11.7 Å². The number of ether oxygens (including phenoxy) is 1. The fraction of sp³-hybridized carbons (Fsp3) is 0.533. The number of hydrogen-bond acceptors (Lipinski definition) is 6. The number of hydrogen-bond donors (Lipinski definition) is 0. The van der Waals surface area contributed by atoms with Gasteiger partial charge in [0.15, 0.2) is 5.82 Å². The molecule has 4 heterocycles. The number of piperidine rings is 1. The highest BCUT2D eigenvalue weighted by Gasteiger charge is 2.42. The zero-order chi connectivity index (χ0) is 15.1. The van der Waals surface area contributed by atoms with E-state index >= 15 is 0 Å². The van der Waals surface area contributed by atoms with Gasteiger partial charge in [-0.2, -0.15) is 16.3 Å². The smallest absolute Gasteiger partial charge is 0.255 e. The second-order valence-corrected chi connectivity index (χ2v) is 6.67. The Morgan fingerprint density at radius 3 is 3.14 bits per heavy atom. The zero-order valence-electron chi connectivity index (χ0n) is 12.3. The van der Waals surface area contributed by atoms with Crippen molar-refractivity contribution in [3.05, 3.63) is 34.1 Å². The number of carbonyl (C=O) groups excluding carboxylic acids is 1. The summed E-state index contributed by atoms with van der Waals surface area (Å²) in [5, 5.41) is 7.67. The lowest BCUT2D eigenvalue weighted by atomic mass is 9.92. The van der Waals surface area contributed by atoms with Gasteiger partial charge in [0.25, 0.3) is 11.8 Å². The summed E-state index contributed by atoms with van der Waals surface area (Å²) in [5.41, 5.74) is 0.784. The maximum Gasteiger partial charge on any atom is 0.255 e. The molecule has 116 valence electrons. The van der Waals surface area contributed by atoms with Gasteiger partial charge in [-0.25, -0.2) is 0 Å². The Hall–Kier alpha value is -1.73. The van der Waals surface area contributed by atoms with E-state index in [0.717, 1.165) is 31.5 Å². The summed E-state index contributed by atoms with van der Waals surface area (Å²) in [6, 6.07) is 1.88. The Bertz CT molecular complexity index is 669. The van der Waals surface area contributed by atoms with Crippen molar-refractivity contribution in [2.75, 3.05) is 13.1 Å². The molecule has 0 radical (unpaired) electrons. The van der Waals surface area contributed by atoms with E-state index in [1.165, 1.54) is 0 Å². The molecule has 3 atom stereocenters. The summed E-state index contributed by atoms with van der Waals surface area (Å²) in [6.45, 7) is 3.28. The van der Waals surface area contributed by atoms with Crippen LogP contribution in [-0.2, 0) is 4.74 Å². The fourth-order valence-corrected chi connectivity index (χ4v) is 3.94. The van der Waals surface area contributed by atoms with Crippen LogP contribution < -0.4 is 0 Å². The van der Waals surface area contributed by atoms with Gasteiger partial charge >= 0.3 is 0 Å². The molecule has 2 aliphatic rings. The van der Waals surface area contributed by atoms with Crippen LogP contribution in [-0.4, -0.2) is 40.1 Å². The molecule has 0 spiro atoms. The first kappa shape index (κ1) is 13.9. The molecule has 22 heavy (non-hydrogen) atoms. The second kappa shape index (κ2) is 5.48. The van der Waals surface area contributed by atoms with Crippen LogP contribution in [0, 0.1) is 12.8 Å². The lowest BCUT2D eigenvalue weighted by Gasteiger charge is -2.33. The van der Waals surface area contributed by atoms with Gasteiger partial charge in [0.2, 0.25) is 0 Å². The average molecular weight is 319 g/mol. The minimum absolute atomic E-state index is 0.122. The largest absolute Gasteiger partial charge is 0.365 e. The molecule has 2 aliphatic heterocycles. The van der Waals surface area contributed by atoms with Gasteiger partial charge in [-0.15, -0.1) is 0 Å². The van der Waals surface area contributed by atoms with E-state index in [2.05, 4.69) is 10.1 Å². The van der Waals surface area contributed by atoms with E-state index in [9.17, 15) is 4.79 Å². The van der Waals surface area contributed by atoms with Gasteiger partial charge in [-0.05, 0) is 31.2 Å². The quantitative estimate of drug-likeness (QED) is 0.850. The fourth-order valence-electron chi connectivity index (χ4n) is 3.31. The monoisotopic (exact) mass is 319 g/mol. The van der Waals surface area contributed by atoms with Crippen LogP contribution in [0.15, 0.2) is 21.3 Å². The lowest BCUT2D eigenvalue weighted by molar-refractivity contribution is -0.00776. The molecule has 0 unspecified atom stereocenters. The number of nitrogens with zero attached hydrogens (tertiary/aromatic N) is 3. The van der Waals surface area contributed by atoms with Crippen molar-refractivity contribution in [2.45, 2.75) is 32.0 Å². The number of thiophene rings is 1. The van der Waals surface area contributed by atoms with Gasteiger partial charge < -0.3 is 14.2 Å². The number of amides is 1. The number of aromatic nitrogens is 2. The molecule has 2 aromatic heterocycles. The Balaban J connectivity index is 1.44. The molecule has 0 N–H and O–H groups in total. The van der Waals surface area contributed by atoms with Crippen molar-refractivity contribution in [3.8, 4) is 0 Å². The molecule has 2 aromatic rings. The van der Waals surface area contributed by atoms with Crippen molar-refractivity contribution in [3.63, 3.8) is 0 Å². The standard InChI is InChI=1S/C15H17N3O3S/c1-9-16-14(21-17-9)13-6-11-7-18(4-2-12(11)20-13)15(19)10-3-5-22-8-10/h3,5,8,11-13H,2,4,6-7H2,1H3/t11-,12-,13+/m0/s1. The van der Waals surface area contributed by atoms with Crippen LogP contribution in [0.3, 0.4) is 0 Å². The van der Waals surface area contributed by atoms with Crippen LogP contribution in [0.2, 0.25) is 0 Å². The van der Waals surface area contributed by atoms with Crippen LogP contribution in [0.1, 0.15) is 41.0 Å². The molecule has 1 amide bonds. The number of carbonyl (C=O) groups is 1. The molecule has 0 aromatic carbocycles. The lowest BCUT2D eigenvalue weighted by Crippen LogP contribution is -2.44. The van der Waals surface area contributed by atoms with Gasteiger partial charge in [0, 0.05) is 24.4 Å². The maximum atomic E-state index is 12.5. The number of likely N-dealkylation sites (tertiary alicyclic amines) is 1. The Morgan fingerprint density at radius 2 is 2.41 bits per heavy atom. The zero-order valence-corrected chi connectivity index (χ0v) is 13.1. The van der Waals surface area contributed by atoms with E-state index in [1.807, 2.05) is 21.7 Å². The molecular weight excluding hydrogens is 302 g/mol. The molecule has 7 heteroatoms. The van der Waals surface area contributed by atoms with E-state index in [4.69, 9.17) is 9.26 Å². The van der Waals surface area contributed by atoms with E-state index in [1.54, 1.807) is 18.3 Å². The molecule has 0 aliphatic carbocycles. The second-order valence-electron chi connectivity index (χ2n) is 5.89. The van der Waals surface area contributed by atoms with Crippen molar-refractivity contribution in [2.24, 2.45) is 5.92 Å². The van der Waals surface area contributed by atoms with Crippen molar-refractivity contribution < 1.29 is 14.1 Å². The minimum atomic E-state index is -0.132. The Kier molecular flexibility index (Phi) is 3.46. The maximum absolute atomic E-state index is 12.5. The number of aryl methyl sites for hydroxylation is 1. The third-order valence-electron chi connectivity index (χ3n) is 4.39. The average Bonchev–Trinajstić information content (AvgIpc) is 3.25. The first-order valence-electron chi connectivity index (χ1n) is 7.48. The predicted octanol–water partition coefficient (Wildman–Crippen LogP) is 2.43. The topological polar surface area (TPSA) is 68.5 Å². The number of rotatable bonds is 2. The van der Waals surface area contributed by atoms with Crippen LogP contribution >= 0.6 is 11.3 Å². The van der Waals surface area contributed by atoms with Gasteiger partial charge in [0.1, 0.15) is 6.10 Å². The Morgan fingerprint density at radius 1 is 1.50 bits per heavy atom. The Labute approximate surface area is 132 Å². The van der Waals surface area contributed by atoms with Crippen LogP contribution in [0.25, 0.3) is 0 Å². The molecular formula is C15H17N3O3S. The van der Waals surface area contributed by atoms with Crippen molar-refractivity contribution in [1.29, 1.82) is 0 Å². The highest BCUT2D eigenvalue weighted by atomic mass is 32.1. The van der Waals surface area contributed by atoms with E-state index < -0.39 is 0 Å². The van der Waals surface area contributed by atoms with Crippen molar-refractivity contribution in [1.82, 2.24) is 15.0 Å². The first-order valence-corrected chi connectivity index (χ1v) is 8.42. The molecule has 4 rings (SSSR count). The normalized spacial score (nSPS) is 27.9. The van der Waals surface area contributed by atoms with Gasteiger partial charge in [-0.3, -0.25) is 4.79 Å². The summed E-state index contributed by atoms with van der Waals surface area (Å²) in [7, 11) is 0. The third kappa shape index (κ3) is 2.44. The van der Waals surface area contributed by atoms with Crippen LogP contribution in [0.4, 0.5) is 0 Å². The van der Waals surface area contributed by atoms with Crippen LogP contribution in [0.5, 0.6) is 0 Å². The summed E-state index contributed by atoms with van der Waals surface area (Å²) in [6.07, 6.45) is 1.75. The highest BCUT2D eigenvalue weighted by Crippen LogP contribution is 2.40. The van der Waals surface area contributed by atoms with E-state index in [-0.39, 0.29) is 18.1 Å². The number of fused-ring (bicyclic) bond motifs is 1. The summed E-state index contributed by atoms with van der Waals surface area (Å²) >= 11 is 1.55. The summed E-state index contributed by atoms with van der Waals surface area (Å²) < 4.78 is 11.3. The predicted molar refractivity (Wildman–Crippen MR) is 79.6 cm³/mol. The highest BCUT2D eigenvalue weighted by molar-refractivity contribution is 7.08. The first-order chi connectivity index (χ1) is 10.7. The summed E-state index contributed by atoms with van der Waals surface area (Å²) in [4.78, 5) is 18.7. The molecule has 6 nitrogen and oxygen atoms in total. The molecule has 0 saturated carbocycles. The molecule has 0 bridgehead atoms. The SMILES string of the molecule is Cc1noc([C@H]2C[C@H]3CN(C(=O)c4ccsc4)CC[C@@H]3O2)n1. The van der Waals surface area contributed by atoms with Gasteiger partial charge in [-0.1, -0.05) is 5.16 Å². The van der Waals surface area contributed by atoms with Crippen molar-refractivity contribution >= 4 is 17.2 Å². The minimum Gasteiger partial charge on any atom is -0.365 e. The molecule has 2 fully saturated rings. The summed E-state index contributed by atoms with van der Waals surface area (Å²) in [5.74, 6) is 1.65. The molecule has 2 saturated heterocycles. The third-order valence-corrected chi connectivity index (χ3v) is 5.08. The van der Waals surface area contributed by atoms with E-state index in [0.29, 0.717) is 17.6 Å².